The van der Waals surface area contributed by atoms with Crippen LogP contribution in [0.3, 0.4) is 0 Å². The van der Waals surface area contributed by atoms with E-state index < -0.39 is 42.3 Å². The number of ether oxygens (including phenoxy) is 2. The number of Topliss-reactive ketones (excluding diaryl/α,β-unsaturated/α-hetero) is 1. The number of aliphatic hydroxyl groups is 2. The summed E-state index contributed by atoms with van der Waals surface area (Å²) in [5.41, 5.74) is 0.839. The van der Waals surface area contributed by atoms with Crippen LogP contribution in [0.25, 0.3) is 0 Å². The Morgan fingerprint density at radius 2 is 1.94 bits per heavy atom. The van der Waals surface area contributed by atoms with Gasteiger partial charge in [-0.15, -0.1) is 0 Å². The van der Waals surface area contributed by atoms with Crippen LogP contribution in [0.2, 0.25) is 0 Å². The lowest BCUT2D eigenvalue weighted by Gasteiger charge is -2.26. The van der Waals surface area contributed by atoms with Gasteiger partial charge in [0.15, 0.2) is 11.9 Å². The summed E-state index contributed by atoms with van der Waals surface area (Å²) in [6, 6.07) is 0. The predicted octanol–water partition coefficient (Wildman–Crippen LogP) is 3.58. The molecular formula is C25H36O6. The molecule has 0 aromatic heterocycles. The van der Waals surface area contributed by atoms with E-state index in [1.54, 1.807) is 26.8 Å². The lowest BCUT2D eigenvalue weighted by Crippen LogP contribution is -2.39. The second-order valence-electron chi connectivity index (χ2n) is 9.54. The number of carbonyl (C=O) groups excluding carboxylic acids is 2. The van der Waals surface area contributed by atoms with Gasteiger partial charge in [0.25, 0.3) is 0 Å². The molecule has 2 N–H and O–H groups in total. The summed E-state index contributed by atoms with van der Waals surface area (Å²) in [6.45, 7) is 11.0. The molecule has 2 rings (SSSR count). The van der Waals surface area contributed by atoms with Crippen LogP contribution in [0.4, 0.5) is 0 Å². The molecule has 6 nitrogen and oxygen atoms in total. The Balaban J connectivity index is 2.43. The fourth-order valence-electron chi connectivity index (χ4n) is 3.78. The zero-order chi connectivity index (χ0) is 23.4. The minimum absolute atomic E-state index is 0.173. The van der Waals surface area contributed by atoms with E-state index in [2.05, 4.69) is 13.0 Å². The Morgan fingerprint density at radius 1 is 1.26 bits per heavy atom. The summed E-state index contributed by atoms with van der Waals surface area (Å²) in [4.78, 5) is 25.1. The fourth-order valence-corrected chi connectivity index (χ4v) is 3.78. The van der Waals surface area contributed by atoms with Crippen LogP contribution >= 0.6 is 0 Å². The number of hydrogen-bond acceptors (Lipinski definition) is 6. The Hall–Kier alpha value is -2.02. The first kappa shape index (κ1) is 25.2. The normalized spacial score (nSPS) is 35.5. The molecule has 1 heterocycles. The number of allylic oxidation sites excluding steroid dienone is 5. The third-order valence-corrected chi connectivity index (χ3v) is 5.90. The molecule has 0 aromatic carbocycles. The topological polar surface area (TPSA) is 96.4 Å². The summed E-state index contributed by atoms with van der Waals surface area (Å²) in [6.07, 6.45) is 8.22. The largest absolute Gasteiger partial charge is 0.452 e. The van der Waals surface area contributed by atoms with Crippen molar-refractivity contribution >= 4 is 11.8 Å². The van der Waals surface area contributed by atoms with Crippen molar-refractivity contribution in [2.24, 2.45) is 5.41 Å². The molecule has 1 aliphatic carbocycles. The number of hydrogen-bond donors (Lipinski definition) is 2. The third kappa shape index (κ3) is 6.48. The maximum absolute atomic E-state index is 12.8. The molecule has 31 heavy (non-hydrogen) atoms. The summed E-state index contributed by atoms with van der Waals surface area (Å²) < 4.78 is 11.4. The van der Waals surface area contributed by atoms with Gasteiger partial charge in [-0.25, -0.2) is 4.79 Å². The molecule has 0 aromatic rings. The van der Waals surface area contributed by atoms with Gasteiger partial charge in [-0.3, -0.25) is 4.79 Å². The maximum atomic E-state index is 12.8. The predicted molar refractivity (Wildman–Crippen MR) is 119 cm³/mol. The van der Waals surface area contributed by atoms with Gasteiger partial charge >= 0.3 is 5.97 Å². The zero-order valence-electron chi connectivity index (χ0n) is 19.5. The molecule has 172 valence electrons. The molecule has 2 aliphatic rings. The molecule has 6 heteroatoms. The van der Waals surface area contributed by atoms with Gasteiger partial charge < -0.3 is 19.7 Å². The zero-order valence-corrected chi connectivity index (χ0v) is 19.5. The highest BCUT2D eigenvalue weighted by atomic mass is 16.7. The number of carbonyl (C=O) groups is 2. The van der Waals surface area contributed by atoms with Gasteiger partial charge in [0.05, 0.1) is 6.61 Å². The Bertz CT molecular complexity index is 812. The first-order valence-electron chi connectivity index (χ1n) is 10.8. The van der Waals surface area contributed by atoms with Crippen molar-refractivity contribution in [2.45, 2.75) is 84.7 Å². The average Bonchev–Trinajstić information content (AvgIpc) is 3.36. The van der Waals surface area contributed by atoms with Gasteiger partial charge in [0, 0.05) is 11.6 Å². The van der Waals surface area contributed by atoms with Crippen molar-refractivity contribution in [1.82, 2.24) is 0 Å². The molecule has 5 atom stereocenters. The monoisotopic (exact) mass is 432 g/mol. The number of aliphatic hydroxyl groups excluding tert-OH is 2. The first-order valence-corrected chi connectivity index (χ1v) is 10.8. The van der Waals surface area contributed by atoms with Gasteiger partial charge in [-0.2, -0.15) is 0 Å². The number of ketones is 1. The first-order chi connectivity index (χ1) is 14.4. The van der Waals surface area contributed by atoms with Crippen LogP contribution in [-0.4, -0.2) is 52.5 Å². The SMILES string of the molecule is CC(C)=CCC[C@]1(C)/C=C\[C@@H](OC(=O)C=C(C)C)[C@]2(C)O[C@H]2[C@H](O)C(=O)/C(CO)=C\C1. The van der Waals surface area contributed by atoms with Crippen molar-refractivity contribution in [2.75, 3.05) is 6.61 Å². The van der Waals surface area contributed by atoms with E-state index in [1.165, 1.54) is 11.6 Å². The molecule has 0 radical (unpaired) electrons. The van der Waals surface area contributed by atoms with E-state index in [-0.39, 0.29) is 11.0 Å². The molecular weight excluding hydrogens is 396 g/mol. The number of rotatable bonds is 6. The highest BCUT2D eigenvalue weighted by Crippen LogP contribution is 2.45. The molecule has 1 saturated heterocycles. The smallest absolute Gasteiger partial charge is 0.331 e. The van der Waals surface area contributed by atoms with Gasteiger partial charge in [0.2, 0.25) is 0 Å². The molecule has 0 unspecified atom stereocenters. The van der Waals surface area contributed by atoms with Crippen molar-refractivity contribution in [1.29, 1.82) is 0 Å². The molecule has 0 spiro atoms. The van der Waals surface area contributed by atoms with Crippen molar-refractivity contribution in [3.8, 4) is 0 Å². The van der Waals surface area contributed by atoms with Crippen LogP contribution in [0.15, 0.2) is 47.1 Å². The lowest BCUT2D eigenvalue weighted by molar-refractivity contribution is -0.143. The maximum Gasteiger partial charge on any atom is 0.331 e. The van der Waals surface area contributed by atoms with Crippen LogP contribution in [0.5, 0.6) is 0 Å². The van der Waals surface area contributed by atoms with Gasteiger partial charge in [-0.1, -0.05) is 36.3 Å². The van der Waals surface area contributed by atoms with Crippen LogP contribution in [-0.2, 0) is 19.1 Å². The minimum atomic E-state index is -1.43. The molecule has 1 fully saturated rings. The quantitative estimate of drug-likeness (QED) is 0.288. The summed E-state index contributed by atoms with van der Waals surface area (Å²) >= 11 is 0. The summed E-state index contributed by atoms with van der Waals surface area (Å²) in [5, 5.41) is 20.3. The highest BCUT2D eigenvalue weighted by Gasteiger charge is 2.63. The number of epoxide rings is 1. The van der Waals surface area contributed by atoms with Gasteiger partial charge in [-0.05, 0) is 65.4 Å². The average molecular weight is 433 g/mol. The van der Waals surface area contributed by atoms with Crippen molar-refractivity contribution in [3.05, 3.63) is 47.1 Å². The third-order valence-electron chi connectivity index (χ3n) is 5.90. The van der Waals surface area contributed by atoms with Crippen molar-refractivity contribution in [3.63, 3.8) is 0 Å². The molecule has 0 bridgehead atoms. The van der Waals surface area contributed by atoms with E-state index in [4.69, 9.17) is 9.47 Å². The molecule has 1 aliphatic heterocycles. The lowest BCUT2D eigenvalue weighted by atomic mass is 9.80. The Labute approximate surface area is 185 Å². The van der Waals surface area contributed by atoms with E-state index in [1.807, 2.05) is 26.0 Å². The van der Waals surface area contributed by atoms with Crippen LogP contribution in [0, 0.1) is 5.41 Å². The van der Waals surface area contributed by atoms with Crippen LogP contribution < -0.4 is 0 Å². The van der Waals surface area contributed by atoms with E-state index in [9.17, 15) is 19.8 Å². The van der Waals surface area contributed by atoms with E-state index in [0.717, 1.165) is 18.4 Å². The number of esters is 1. The minimum Gasteiger partial charge on any atom is -0.452 e. The standard InChI is InChI=1S/C25H36O6/c1-16(2)8-7-11-24(5)12-9-18(15-26)21(28)22(29)23-25(6,31-23)19(10-13-24)30-20(27)14-17(3)4/h8-10,13-14,19,22-23,26,29H,7,11-12,15H2,1-6H3/b13-10-,18-9-/t19-,22-,23+,24+,25+/m1/s1. The Morgan fingerprint density at radius 3 is 2.52 bits per heavy atom. The molecule has 0 amide bonds. The Kier molecular flexibility index (Phi) is 8.20. The van der Waals surface area contributed by atoms with Gasteiger partial charge in [0.1, 0.15) is 17.8 Å². The second kappa shape index (κ2) is 10.1. The van der Waals surface area contributed by atoms with Crippen molar-refractivity contribution < 1.29 is 29.3 Å². The van der Waals surface area contributed by atoms with E-state index >= 15 is 0 Å². The number of fused-ring (bicyclic) bond motifs is 1. The van der Waals surface area contributed by atoms with Crippen LogP contribution in [0.1, 0.15) is 60.8 Å². The summed E-state index contributed by atoms with van der Waals surface area (Å²) in [5.74, 6) is -1.06. The molecule has 0 saturated carbocycles. The second-order valence-corrected chi connectivity index (χ2v) is 9.54. The fraction of sp³-hybridized carbons (Fsp3) is 0.600. The summed E-state index contributed by atoms with van der Waals surface area (Å²) in [7, 11) is 0. The van der Waals surface area contributed by atoms with E-state index in [0.29, 0.717) is 6.42 Å². The highest BCUT2D eigenvalue weighted by molar-refractivity contribution is 5.99.